The Balaban J connectivity index is 1.51. The predicted molar refractivity (Wildman–Crippen MR) is 120 cm³/mol. The van der Waals surface area contributed by atoms with Crippen molar-refractivity contribution in [3.63, 3.8) is 0 Å². The molecule has 0 aliphatic carbocycles. The molecule has 0 unspecified atom stereocenters. The molecule has 10 heteroatoms. The number of hydrogen-bond acceptors (Lipinski definition) is 6. The van der Waals surface area contributed by atoms with E-state index in [2.05, 4.69) is 20.5 Å². The Kier molecular flexibility index (Phi) is 6.18. The van der Waals surface area contributed by atoms with Crippen molar-refractivity contribution in [2.75, 3.05) is 5.32 Å². The van der Waals surface area contributed by atoms with E-state index >= 15 is 0 Å². The van der Waals surface area contributed by atoms with Crippen LogP contribution >= 0.6 is 11.3 Å². The second kappa shape index (κ2) is 9.21. The summed E-state index contributed by atoms with van der Waals surface area (Å²) in [7, 11) is 0. The van der Waals surface area contributed by atoms with E-state index in [4.69, 9.17) is 5.11 Å². The SMILES string of the molecule is O=C(O)c1cccc(/N=N/c2cccc(-c3csc(Nc4cccc(C(F)(F)F)c4)n3)c2)c1. The zero-order valence-corrected chi connectivity index (χ0v) is 17.6. The molecule has 4 rings (SSSR count). The molecular formula is C23H15F3N4O2S. The molecule has 0 bridgehead atoms. The van der Waals surface area contributed by atoms with Gasteiger partial charge < -0.3 is 10.4 Å². The molecule has 3 aromatic carbocycles. The summed E-state index contributed by atoms with van der Waals surface area (Å²) in [4.78, 5) is 15.5. The Hall–Kier alpha value is -4.05. The van der Waals surface area contributed by atoms with Gasteiger partial charge in [-0.2, -0.15) is 23.4 Å². The van der Waals surface area contributed by atoms with E-state index in [1.54, 1.807) is 35.7 Å². The number of carbonyl (C=O) groups is 1. The lowest BCUT2D eigenvalue weighted by Crippen LogP contribution is -2.05. The van der Waals surface area contributed by atoms with Crippen LogP contribution in [0.4, 0.5) is 35.4 Å². The summed E-state index contributed by atoms with van der Waals surface area (Å²) >= 11 is 1.26. The molecule has 0 saturated heterocycles. The highest BCUT2D eigenvalue weighted by molar-refractivity contribution is 7.14. The Bertz CT molecular complexity index is 1340. The molecule has 6 nitrogen and oxygen atoms in total. The molecule has 2 N–H and O–H groups in total. The molecule has 1 aromatic heterocycles. The quantitative estimate of drug-likeness (QED) is 0.284. The van der Waals surface area contributed by atoms with Crippen LogP contribution in [0.25, 0.3) is 11.3 Å². The lowest BCUT2D eigenvalue weighted by atomic mass is 10.1. The van der Waals surface area contributed by atoms with E-state index in [9.17, 15) is 18.0 Å². The molecule has 0 amide bonds. The van der Waals surface area contributed by atoms with Crippen molar-refractivity contribution in [3.05, 3.63) is 89.3 Å². The van der Waals surface area contributed by atoms with Gasteiger partial charge in [0.05, 0.1) is 28.2 Å². The summed E-state index contributed by atoms with van der Waals surface area (Å²) in [5.74, 6) is -1.05. The van der Waals surface area contributed by atoms with Crippen LogP contribution in [0.1, 0.15) is 15.9 Å². The average molecular weight is 468 g/mol. The van der Waals surface area contributed by atoms with Gasteiger partial charge in [0, 0.05) is 16.6 Å². The van der Waals surface area contributed by atoms with Gasteiger partial charge in [0.25, 0.3) is 0 Å². The fraction of sp³-hybridized carbons (Fsp3) is 0.0435. The molecule has 0 fully saturated rings. The third-order valence-corrected chi connectivity index (χ3v) is 5.22. The number of azo groups is 1. The van der Waals surface area contributed by atoms with Crippen LogP contribution in [-0.4, -0.2) is 16.1 Å². The lowest BCUT2D eigenvalue weighted by Gasteiger charge is -2.08. The summed E-state index contributed by atoms with van der Waals surface area (Å²) in [6, 6.07) is 18.1. The number of hydrogen-bond donors (Lipinski definition) is 2. The molecule has 33 heavy (non-hydrogen) atoms. The standard InChI is InChI=1S/C23H15F3N4O2S/c24-23(25,26)16-6-3-7-17(12-16)27-22-28-20(13-33-22)14-4-1-8-18(10-14)29-30-19-9-2-5-15(11-19)21(31)32/h1-13H,(H,27,28)(H,31,32)/b30-29+. The monoisotopic (exact) mass is 468 g/mol. The summed E-state index contributed by atoms with van der Waals surface area (Å²) in [5, 5.41) is 22.4. The molecule has 166 valence electrons. The van der Waals surface area contributed by atoms with Crippen LogP contribution in [0.5, 0.6) is 0 Å². The van der Waals surface area contributed by atoms with Gasteiger partial charge in [-0.1, -0.05) is 24.3 Å². The van der Waals surface area contributed by atoms with Crippen molar-refractivity contribution in [2.24, 2.45) is 10.2 Å². The summed E-state index contributed by atoms with van der Waals surface area (Å²) in [6.07, 6.45) is -4.42. The maximum atomic E-state index is 12.9. The summed E-state index contributed by atoms with van der Waals surface area (Å²) in [5.41, 5.74) is 1.98. The first-order valence-electron chi connectivity index (χ1n) is 9.53. The molecule has 0 spiro atoms. The van der Waals surface area contributed by atoms with Gasteiger partial charge in [0.1, 0.15) is 0 Å². The number of aromatic nitrogens is 1. The van der Waals surface area contributed by atoms with Gasteiger partial charge in [-0.15, -0.1) is 11.3 Å². The minimum Gasteiger partial charge on any atom is -0.478 e. The average Bonchev–Trinajstić information content (AvgIpc) is 3.26. The fourth-order valence-electron chi connectivity index (χ4n) is 2.90. The number of carboxylic acid groups (broad SMARTS) is 1. The van der Waals surface area contributed by atoms with E-state index in [0.717, 1.165) is 17.7 Å². The minimum atomic E-state index is -4.42. The van der Waals surface area contributed by atoms with Gasteiger partial charge in [-0.05, 0) is 48.5 Å². The van der Waals surface area contributed by atoms with Crippen molar-refractivity contribution < 1.29 is 23.1 Å². The van der Waals surface area contributed by atoms with E-state index in [0.29, 0.717) is 22.2 Å². The number of alkyl halides is 3. The van der Waals surface area contributed by atoms with Crippen LogP contribution in [0.15, 0.2) is 88.4 Å². The van der Waals surface area contributed by atoms with Crippen molar-refractivity contribution >= 4 is 39.5 Å². The summed E-state index contributed by atoms with van der Waals surface area (Å²) in [6.45, 7) is 0. The first kappa shape index (κ1) is 22.2. The van der Waals surface area contributed by atoms with Crippen molar-refractivity contribution in [3.8, 4) is 11.3 Å². The molecule has 0 aliphatic heterocycles. The number of carboxylic acids is 1. The largest absolute Gasteiger partial charge is 0.478 e. The molecule has 0 atom stereocenters. The lowest BCUT2D eigenvalue weighted by molar-refractivity contribution is -0.137. The smallest absolute Gasteiger partial charge is 0.416 e. The molecule has 1 heterocycles. The highest BCUT2D eigenvalue weighted by atomic mass is 32.1. The molecular weight excluding hydrogens is 453 g/mol. The second-order valence-electron chi connectivity index (χ2n) is 6.85. The third kappa shape index (κ3) is 5.60. The van der Waals surface area contributed by atoms with Crippen molar-refractivity contribution in [1.82, 2.24) is 4.98 Å². The number of aromatic carboxylic acids is 1. The van der Waals surface area contributed by atoms with Crippen LogP contribution < -0.4 is 5.32 Å². The number of rotatable bonds is 6. The Labute approximate surface area is 190 Å². The van der Waals surface area contributed by atoms with Gasteiger partial charge in [-0.25, -0.2) is 9.78 Å². The van der Waals surface area contributed by atoms with Crippen LogP contribution in [0.2, 0.25) is 0 Å². The Morgan fingerprint density at radius 3 is 2.36 bits per heavy atom. The highest BCUT2D eigenvalue weighted by Crippen LogP contribution is 2.33. The Morgan fingerprint density at radius 2 is 1.64 bits per heavy atom. The highest BCUT2D eigenvalue weighted by Gasteiger charge is 2.30. The Morgan fingerprint density at radius 1 is 0.939 bits per heavy atom. The molecule has 4 aromatic rings. The number of nitrogens with zero attached hydrogens (tertiary/aromatic N) is 3. The normalized spacial score (nSPS) is 11.6. The number of thiazole rings is 1. The van der Waals surface area contributed by atoms with Crippen LogP contribution in [0, 0.1) is 0 Å². The van der Waals surface area contributed by atoms with Crippen molar-refractivity contribution in [2.45, 2.75) is 6.18 Å². The maximum absolute atomic E-state index is 12.9. The summed E-state index contributed by atoms with van der Waals surface area (Å²) < 4.78 is 38.7. The van der Waals surface area contributed by atoms with Crippen molar-refractivity contribution in [1.29, 1.82) is 0 Å². The number of anilines is 2. The van der Waals surface area contributed by atoms with E-state index in [-0.39, 0.29) is 11.3 Å². The van der Waals surface area contributed by atoms with Gasteiger partial charge >= 0.3 is 12.1 Å². The fourth-order valence-corrected chi connectivity index (χ4v) is 3.64. The first-order chi connectivity index (χ1) is 15.8. The van der Waals surface area contributed by atoms with Gasteiger partial charge in [0.2, 0.25) is 0 Å². The predicted octanol–water partition coefficient (Wildman–Crippen LogP) is 7.69. The second-order valence-corrected chi connectivity index (χ2v) is 7.71. The van der Waals surface area contributed by atoms with E-state index in [1.807, 2.05) is 6.07 Å². The number of halogens is 3. The zero-order valence-electron chi connectivity index (χ0n) is 16.7. The zero-order chi connectivity index (χ0) is 23.4. The molecule has 0 saturated carbocycles. The minimum absolute atomic E-state index is 0.114. The first-order valence-corrected chi connectivity index (χ1v) is 10.4. The van der Waals surface area contributed by atoms with E-state index < -0.39 is 17.7 Å². The topological polar surface area (TPSA) is 86.9 Å². The van der Waals surface area contributed by atoms with Crippen LogP contribution in [0.3, 0.4) is 0 Å². The van der Waals surface area contributed by atoms with Gasteiger partial charge in [-0.3, -0.25) is 0 Å². The third-order valence-electron chi connectivity index (χ3n) is 4.46. The molecule has 0 aliphatic rings. The number of nitrogens with one attached hydrogen (secondary N) is 1. The van der Waals surface area contributed by atoms with Crippen LogP contribution in [-0.2, 0) is 6.18 Å². The van der Waals surface area contributed by atoms with E-state index in [1.165, 1.54) is 35.6 Å². The number of benzene rings is 3. The maximum Gasteiger partial charge on any atom is 0.416 e. The van der Waals surface area contributed by atoms with Gasteiger partial charge in [0.15, 0.2) is 5.13 Å². The molecule has 0 radical (unpaired) electrons.